The van der Waals surface area contributed by atoms with Crippen LogP contribution in [-0.4, -0.2) is 60.7 Å². The standard InChI is InChI=1S/C18H31N3O6/c1-12(2)10-19-16(24)20-14(22)11-26-15(23)13-6-8-21(9-7-13)17(25)27-18(3,4)5/h12-13H,6-11H2,1-5H3,(H2,19,20,22,24). The number of imide groups is 1. The zero-order valence-corrected chi connectivity index (χ0v) is 16.8. The lowest BCUT2D eigenvalue weighted by molar-refractivity contribution is -0.153. The van der Waals surface area contributed by atoms with Crippen LogP contribution in [0.15, 0.2) is 0 Å². The van der Waals surface area contributed by atoms with E-state index in [1.54, 1.807) is 25.7 Å². The normalized spacial score (nSPS) is 15.3. The Hall–Kier alpha value is -2.32. The molecule has 0 unspecified atom stereocenters. The van der Waals surface area contributed by atoms with Gasteiger partial charge in [0.1, 0.15) is 5.60 Å². The van der Waals surface area contributed by atoms with Crippen molar-refractivity contribution in [3.8, 4) is 0 Å². The molecule has 0 atom stereocenters. The number of hydrogen-bond acceptors (Lipinski definition) is 6. The van der Waals surface area contributed by atoms with E-state index in [0.717, 1.165) is 0 Å². The molecule has 154 valence electrons. The first-order valence-electron chi connectivity index (χ1n) is 9.20. The van der Waals surface area contributed by atoms with Crippen LogP contribution in [-0.2, 0) is 19.1 Å². The molecule has 1 saturated heterocycles. The lowest BCUT2D eigenvalue weighted by Crippen LogP contribution is -2.44. The van der Waals surface area contributed by atoms with E-state index in [9.17, 15) is 19.2 Å². The fraction of sp³-hybridized carbons (Fsp3) is 0.778. The van der Waals surface area contributed by atoms with Crippen molar-refractivity contribution in [3.63, 3.8) is 0 Å². The molecule has 2 N–H and O–H groups in total. The summed E-state index contributed by atoms with van der Waals surface area (Å²) in [5.74, 6) is -1.31. The number of hydrogen-bond donors (Lipinski definition) is 2. The molecule has 27 heavy (non-hydrogen) atoms. The number of carbonyl (C=O) groups excluding carboxylic acids is 4. The third kappa shape index (κ3) is 9.25. The van der Waals surface area contributed by atoms with Gasteiger partial charge in [0.25, 0.3) is 5.91 Å². The number of esters is 1. The molecule has 0 aliphatic carbocycles. The van der Waals surface area contributed by atoms with Crippen LogP contribution in [0, 0.1) is 11.8 Å². The van der Waals surface area contributed by atoms with Crippen molar-refractivity contribution >= 4 is 24.0 Å². The van der Waals surface area contributed by atoms with E-state index in [1.807, 2.05) is 13.8 Å². The minimum atomic E-state index is -0.684. The summed E-state index contributed by atoms with van der Waals surface area (Å²) < 4.78 is 10.3. The molecule has 1 fully saturated rings. The molecular formula is C18H31N3O6. The van der Waals surface area contributed by atoms with Crippen molar-refractivity contribution in [2.45, 2.75) is 53.1 Å². The highest BCUT2D eigenvalue weighted by atomic mass is 16.6. The smallest absolute Gasteiger partial charge is 0.410 e. The molecule has 0 aromatic carbocycles. The Morgan fingerprint density at radius 1 is 1.11 bits per heavy atom. The maximum absolute atomic E-state index is 12.1. The molecule has 0 saturated carbocycles. The van der Waals surface area contributed by atoms with Gasteiger partial charge in [-0.2, -0.15) is 0 Å². The molecule has 0 aromatic rings. The predicted molar refractivity (Wildman–Crippen MR) is 97.9 cm³/mol. The van der Waals surface area contributed by atoms with E-state index < -0.39 is 36.2 Å². The van der Waals surface area contributed by atoms with Gasteiger partial charge in [-0.1, -0.05) is 13.8 Å². The lowest BCUT2D eigenvalue weighted by Gasteiger charge is -2.32. The van der Waals surface area contributed by atoms with Gasteiger partial charge in [-0.3, -0.25) is 14.9 Å². The summed E-state index contributed by atoms with van der Waals surface area (Å²) in [6, 6.07) is -0.615. The van der Waals surface area contributed by atoms with Gasteiger partial charge >= 0.3 is 18.1 Å². The lowest BCUT2D eigenvalue weighted by atomic mass is 9.97. The third-order valence-electron chi connectivity index (χ3n) is 3.75. The van der Waals surface area contributed by atoms with E-state index in [1.165, 1.54) is 0 Å². The molecule has 0 spiro atoms. The van der Waals surface area contributed by atoms with Gasteiger partial charge in [-0.15, -0.1) is 0 Å². The van der Waals surface area contributed by atoms with Crippen molar-refractivity contribution in [1.82, 2.24) is 15.5 Å². The van der Waals surface area contributed by atoms with Gasteiger partial charge in [-0.05, 0) is 39.5 Å². The van der Waals surface area contributed by atoms with Gasteiger partial charge in [0.05, 0.1) is 5.92 Å². The molecule has 0 aromatic heterocycles. The first-order valence-corrected chi connectivity index (χ1v) is 9.20. The number of urea groups is 1. The van der Waals surface area contributed by atoms with Crippen LogP contribution in [0.3, 0.4) is 0 Å². The molecule has 1 aliphatic heterocycles. The van der Waals surface area contributed by atoms with Gasteiger partial charge < -0.3 is 19.7 Å². The van der Waals surface area contributed by atoms with Crippen LogP contribution in [0.25, 0.3) is 0 Å². The zero-order chi connectivity index (χ0) is 20.6. The molecule has 9 heteroatoms. The second-order valence-corrected chi connectivity index (χ2v) is 8.00. The minimum absolute atomic E-state index is 0.259. The first kappa shape index (κ1) is 22.7. The minimum Gasteiger partial charge on any atom is -0.455 e. The van der Waals surface area contributed by atoms with E-state index in [0.29, 0.717) is 32.5 Å². The Morgan fingerprint density at radius 3 is 2.22 bits per heavy atom. The van der Waals surface area contributed by atoms with Gasteiger partial charge in [-0.25, -0.2) is 9.59 Å². The van der Waals surface area contributed by atoms with Crippen LogP contribution in [0.5, 0.6) is 0 Å². The van der Waals surface area contributed by atoms with Crippen LogP contribution < -0.4 is 10.6 Å². The van der Waals surface area contributed by atoms with Crippen LogP contribution in [0.4, 0.5) is 9.59 Å². The van der Waals surface area contributed by atoms with Gasteiger partial charge in [0.2, 0.25) is 0 Å². The number of nitrogens with one attached hydrogen (secondary N) is 2. The average Bonchev–Trinajstić information content (AvgIpc) is 2.56. The molecule has 0 bridgehead atoms. The summed E-state index contributed by atoms with van der Waals surface area (Å²) in [7, 11) is 0. The Labute approximate surface area is 160 Å². The van der Waals surface area contributed by atoms with Crippen molar-refractivity contribution in [3.05, 3.63) is 0 Å². The summed E-state index contributed by atoms with van der Waals surface area (Å²) in [6.07, 6.45) is 0.476. The number of ether oxygens (including phenoxy) is 2. The summed E-state index contributed by atoms with van der Waals surface area (Å²) in [5.41, 5.74) is -0.568. The Morgan fingerprint density at radius 2 is 1.70 bits per heavy atom. The van der Waals surface area contributed by atoms with E-state index in [-0.39, 0.29) is 11.8 Å². The third-order valence-corrected chi connectivity index (χ3v) is 3.75. The van der Waals surface area contributed by atoms with Crippen LogP contribution in [0.2, 0.25) is 0 Å². The predicted octanol–water partition coefficient (Wildman–Crippen LogP) is 1.66. The highest BCUT2D eigenvalue weighted by Gasteiger charge is 2.31. The summed E-state index contributed by atoms with van der Waals surface area (Å²) in [4.78, 5) is 48.7. The monoisotopic (exact) mass is 385 g/mol. The Kier molecular flexibility index (Phi) is 8.52. The topological polar surface area (TPSA) is 114 Å². The molecule has 9 nitrogen and oxygen atoms in total. The number of nitrogens with zero attached hydrogens (tertiary/aromatic N) is 1. The second-order valence-electron chi connectivity index (χ2n) is 8.00. The molecule has 1 rings (SSSR count). The summed E-state index contributed by atoms with van der Waals surface area (Å²) in [5, 5.41) is 4.64. The summed E-state index contributed by atoms with van der Waals surface area (Å²) in [6.45, 7) is 9.94. The van der Waals surface area contributed by atoms with Crippen LogP contribution >= 0.6 is 0 Å². The molecule has 4 amide bonds. The van der Waals surface area contributed by atoms with Crippen molar-refractivity contribution in [2.24, 2.45) is 11.8 Å². The van der Waals surface area contributed by atoms with Crippen molar-refractivity contribution < 1.29 is 28.7 Å². The quantitative estimate of drug-likeness (QED) is 0.696. The second kappa shape index (κ2) is 10.1. The van der Waals surface area contributed by atoms with E-state index >= 15 is 0 Å². The van der Waals surface area contributed by atoms with E-state index in [4.69, 9.17) is 9.47 Å². The Bertz CT molecular complexity index is 548. The van der Waals surface area contributed by atoms with Gasteiger partial charge in [0, 0.05) is 19.6 Å². The fourth-order valence-electron chi connectivity index (χ4n) is 2.38. The largest absolute Gasteiger partial charge is 0.455 e. The maximum Gasteiger partial charge on any atom is 0.410 e. The van der Waals surface area contributed by atoms with Crippen LogP contribution in [0.1, 0.15) is 47.5 Å². The summed E-state index contributed by atoms with van der Waals surface area (Å²) >= 11 is 0. The van der Waals surface area contributed by atoms with Gasteiger partial charge in [0.15, 0.2) is 6.61 Å². The Balaban J connectivity index is 2.30. The highest BCUT2D eigenvalue weighted by molar-refractivity contribution is 5.95. The van der Waals surface area contributed by atoms with Crippen molar-refractivity contribution in [1.29, 1.82) is 0 Å². The SMILES string of the molecule is CC(C)CNC(=O)NC(=O)COC(=O)C1CCN(C(=O)OC(C)(C)C)CC1. The molecule has 1 heterocycles. The molecule has 1 aliphatic rings. The number of likely N-dealkylation sites (tertiary alicyclic amines) is 1. The first-order chi connectivity index (χ1) is 12.5. The highest BCUT2D eigenvalue weighted by Crippen LogP contribution is 2.20. The number of amides is 4. The molecular weight excluding hydrogens is 354 g/mol. The number of carbonyl (C=O) groups is 4. The number of rotatable bonds is 5. The fourth-order valence-corrected chi connectivity index (χ4v) is 2.38. The van der Waals surface area contributed by atoms with E-state index in [2.05, 4.69) is 10.6 Å². The zero-order valence-electron chi connectivity index (χ0n) is 16.8. The van der Waals surface area contributed by atoms with Crippen molar-refractivity contribution in [2.75, 3.05) is 26.2 Å². The maximum atomic E-state index is 12.1. The average molecular weight is 385 g/mol. The molecule has 0 radical (unpaired) electrons. The number of piperidine rings is 1.